The van der Waals surface area contributed by atoms with Crippen LogP contribution in [0, 0.1) is 0 Å². The van der Waals surface area contributed by atoms with E-state index in [-0.39, 0.29) is 21.4 Å². The van der Waals surface area contributed by atoms with Crippen molar-refractivity contribution in [3.63, 3.8) is 0 Å². The van der Waals surface area contributed by atoms with Gasteiger partial charge in [-0.1, -0.05) is 36.2 Å². The van der Waals surface area contributed by atoms with Gasteiger partial charge in [-0.15, -0.1) is 4.83 Å². The lowest BCUT2D eigenvalue weighted by molar-refractivity contribution is -0.121. The summed E-state index contributed by atoms with van der Waals surface area (Å²) in [7, 11) is -3.92. The number of hydrogen-bond acceptors (Lipinski definition) is 3. The number of halogens is 2. The number of rotatable bonds is 4. The first-order chi connectivity index (χ1) is 7.88. The van der Waals surface area contributed by atoms with E-state index in [0.29, 0.717) is 0 Å². The lowest BCUT2D eigenvalue weighted by Gasteiger charge is -2.09. The van der Waals surface area contributed by atoms with E-state index in [9.17, 15) is 13.2 Å². The lowest BCUT2D eigenvalue weighted by Crippen LogP contribution is -2.41. The van der Waals surface area contributed by atoms with Crippen molar-refractivity contribution >= 4 is 39.1 Å². The molecule has 8 heteroatoms. The molecule has 1 rings (SSSR count). The highest BCUT2D eigenvalue weighted by atomic mass is 35.5. The molecule has 1 amide bonds. The number of carbonyl (C=O) groups is 1. The SMILES string of the molecule is CCC(=O)NNS(=O)(=O)c1cccc(Cl)c1Cl. The van der Waals surface area contributed by atoms with Crippen LogP contribution in [0.15, 0.2) is 23.1 Å². The second-order valence-corrected chi connectivity index (χ2v) is 5.50. The topological polar surface area (TPSA) is 75.3 Å². The minimum atomic E-state index is -3.92. The van der Waals surface area contributed by atoms with E-state index in [0.717, 1.165) is 0 Å². The van der Waals surface area contributed by atoms with Crippen molar-refractivity contribution in [3.8, 4) is 0 Å². The van der Waals surface area contributed by atoms with Crippen molar-refractivity contribution in [2.24, 2.45) is 0 Å². The van der Waals surface area contributed by atoms with Gasteiger partial charge >= 0.3 is 0 Å². The Morgan fingerprint density at radius 2 is 2.00 bits per heavy atom. The van der Waals surface area contributed by atoms with E-state index >= 15 is 0 Å². The van der Waals surface area contributed by atoms with Crippen LogP contribution >= 0.6 is 23.2 Å². The Labute approximate surface area is 109 Å². The van der Waals surface area contributed by atoms with Crippen LogP contribution in [0.25, 0.3) is 0 Å². The minimum Gasteiger partial charge on any atom is -0.278 e. The smallest absolute Gasteiger partial charge is 0.258 e. The van der Waals surface area contributed by atoms with Gasteiger partial charge in [-0.2, -0.15) is 0 Å². The minimum absolute atomic E-state index is 0.0904. The molecule has 0 saturated carbocycles. The first-order valence-electron chi connectivity index (χ1n) is 4.63. The number of carbonyl (C=O) groups excluding carboxylic acids is 1. The summed E-state index contributed by atoms with van der Waals surface area (Å²) in [6.07, 6.45) is 0.159. The number of sulfonamides is 1. The highest BCUT2D eigenvalue weighted by Crippen LogP contribution is 2.28. The normalized spacial score (nSPS) is 11.2. The fourth-order valence-corrected chi connectivity index (χ4v) is 2.58. The summed E-state index contributed by atoms with van der Waals surface area (Å²) in [4.78, 5) is 12.7. The van der Waals surface area contributed by atoms with Gasteiger partial charge in [-0.3, -0.25) is 10.2 Å². The van der Waals surface area contributed by atoms with Crippen molar-refractivity contribution < 1.29 is 13.2 Å². The molecular weight excluding hydrogens is 287 g/mol. The number of hydrazine groups is 1. The predicted molar refractivity (Wildman–Crippen MR) is 65.2 cm³/mol. The van der Waals surface area contributed by atoms with E-state index in [1.54, 1.807) is 6.92 Å². The molecule has 0 aliphatic rings. The zero-order valence-corrected chi connectivity index (χ0v) is 11.2. The first kappa shape index (κ1) is 14.2. The van der Waals surface area contributed by atoms with Crippen LogP contribution < -0.4 is 10.3 Å². The van der Waals surface area contributed by atoms with E-state index < -0.39 is 15.9 Å². The summed E-state index contributed by atoms with van der Waals surface area (Å²) in [6, 6.07) is 4.20. The average molecular weight is 297 g/mol. The van der Waals surface area contributed by atoms with Crippen LogP contribution in [-0.4, -0.2) is 14.3 Å². The van der Waals surface area contributed by atoms with Crippen LogP contribution in [-0.2, 0) is 14.8 Å². The Kier molecular flexibility index (Phi) is 4.76. The number of amides is 1. The molecule has 0 bridgehead atoms. The molecule has 0 aliphatic heterocycles. The van der Waals surface area contributed by atoms with Gasteiger partial charge in [0.05, 0.1) is 10.0 Å². The Morgan fingerprint density at radius 3 is 2.59 bits per heavy atom. The summed E-state index contributed by atoms with van der Waals surface area (Å²) in [5.74, 6) is -0.452. The standard InChI is InChI=1S/C9H10Cl2N2O3S/c1-2-8(14)12-13-17(15,16)7-5-3-4-6(10)9(7)11/h3-5,13H,2H2,1H3,(H,12,14). The molecule has 2 N–H and O–H groups in total. The first-order valence-corrected chi connectivity index (χ1v) is 6.87. The quantitative estimate of drug-likeness (QED) is 0.831. The Balaban J connectivity index is 2.98. The van der Waals surface area contributed by atoms with Gasteiger partial charge in [0, 0.05) is 6.42 Å². The molecular formula is C9H10Cl2N2O3S. The lowest BCUT2D eigenvalue weighted by atomic mass is 10.4. The van der Waals surface area contributed by atoms with Crippen LogP contribution in [0.3, 0.4) is 0 Å². The van der Waals surface area contributed by atoms with E-state index in [2.05, 4.69) is 0 Å². The fraction of sp³-hybridized carbons (Fsp3) is 0.222. The molecule has 1 aromatic carbocycles. The second-order valence-electron chi connectivity index (χ2n) is 3.06. The molecule has 0 aliphatic carbocycles. The second kappa shape index (κ2) is 5.68. The van der Waals surface area contributed by atoms with Crippen LogP contribution in [0.4, 0.5) is 0 Å². The van der Waals surface area contributed by atoms with Gasteiger partial charge in [-0.25, -0.2) is 8.42 Å². The van der Waals surface area contributed by atoms with Crippen molar-refractivity contribution in [1.82, 2.24) is 10.3 Å². The molecule has 0 saturated heterocycles. The van der Waals surface area contributed by atoms with E-state index in [1.807, 2.05) is 10.3 Å². The van der Waals surface area contributed by atoms with Gasteiger partial charge in [0.15, 0.2) is 0 Å². The summed E-state index contributed by atoms with van der Waals surface area (Å²) >= 11 is 11.5. The maximum absolute atomic E-state index is 11.8. The maximum Gasteiger partial charge on any atom is 0.258 e. The Morgan fingerprint density at radius 1 is 1.35 bits per heavy atom. The molecule has 17 heavy (non-hydrogen) atoms. The molecule has 1 aromatic rings. The van der Waals surface area contributed by atoms with Gasteiger partial charge < -0.3 is 0 Å². The fourth-order valence-electron chi connectivity index (χ4n) is 0.959. The van der Waals surface area contributed by atoms with Crippen molar-refractivity contribution in [2.45, 2.75) is 18.2 Å². The van der Waals surface area contributed by atoms with Crippen molar-refractivity contribution in [3.05, 3.63) is 28.2 Å². The Bertz CT molecular complexity index is 531. The van der Waals surface area contributed by atoms with Crippen LogP contribution in [0.2, 0.25) is 10.0 Å². The molecule has 0 radical (unpaired) electrons. The average Bonchev–Trinajstić information content (AvgIpc) is 2.29. The molecule has 0 unspecified atom stereocenters. The molecule has 5 nitrogen and oxygen atoms in total. The van der Waals surface area contributed by atoms with Crippen LogP contribution in [0.5, 0.6) is 0 Å². The molecule has 0 aromatic heterocycles. The zero-order chi connectivity index (χ0) is 13.1. The number of benzene rings is 1. The third-order valence-corrected chi connectivity index (χ3v) is 4.07. The van der Waals surface area contributed by atoms with Crippen LogP contribution in [0.1, 0.15) is 13.3 Å². The summed E-state index contributed by atoms with van der Waals surface area (Å²) in [5, 5.41) is 0.0313. The molecule has 94 valence electrons. The summed E-state index contributed by atoms with van der Waals surface area (Å²) in [6.45, 7) is 1.59. The molecule has 0 fully saturated rings. The van der Waals surface area contributed by atoms with E-state index in [4.69, 9.17) is 23.2 Å². The zero-order valence-electron chi connectivity index (χ0n) is 8.83. The number of hydrogen-bond donors (Lipinski definition) is 2. The summed E-state index contributed by atoms with van der Waals surface area (Å²) < 4.78 is 23.5. The highest BCUT2D eigenvalue weighted by molar-refractivity contribution is 7.89. The Hall–Kier alpha value is -0.820. The number of nitrogens with one attached hydrogen (secondary N) is 2. The van der Waals surface area contributed by atoms with Crippen molar-refractivity contribution in [2.75, 3.05) is 0 Å². The van der Waals surface area contributed by atoms with Crippen molar-refractivity contribution in [1.29, 1.82) is 0 Å². The summed E-state index contributed by atoms with van der Waals surface area (Å²) in [5.41, 5.74) is 2.04. The largest absolute Gasteiger partial charge is 0.278 e. The van der Waals surface area contributed by atoms with Gasteiger partial charge in [0.2, 0.25) is 5.91 Å². The van der Waals surface area contributed by atoms with Gasteiger partial charge in [-0.05, 0) is 12.1 Å². The molecule has 0 heterocycles. The molecule has 0 atom stereocenters. The highest BCUT2D eigenvalue weighted by Gasteiger charge is 2.19. The van der Waals surface area contributed by atoms with E-state index in [1.165, 1.54) is 18.2 Å². The molecule has 0 spiro atoms. The third kappa shape index (κ3) is 3.57. The van der Waals surface area contributed by atoms with Gasteiger partial charge in [0.1, 0.15) is 4.90 Å². The van der Waals surface area contributed by atoms with Gasteiger partial charge in [0.25, 0.3) is 10.0 Å². The monoisotopic (exact) mass is 296 g/mol. The predicted octanol–water partition coefficient (Wildman–Crippen LogP) is 1.71. The maximum atomic E-state index is 11.8. The third-order valence-electron chi connectivity index (χ3n) is 1.85.